The van der Waals surface area contributed by atoms with Crippen LogP contribution in [0.15, 0.2) is 35.3 Å². The van der Waals surface area contributed by atoms with Crippen LogP contribution in [-0.2, 0) is 14.3 Å². The summed E-state index contributed by atoms with van der Waals surface area (Å²) in [5.74, 6) is 0.365. The smallest absolute Gasteiger partial charge is 0.277 e. The molecule has 1 aliphatic heterocycles. The summed E-state index contributed by atoms with van der Waals surface area (Å²) in [5.41, 5.74) is 2.29. The van der Waals surface area contributed by atoms with Gasteiger partial charge in [0.15, 0.2) is 12.4 Å². The lowest BCUT2D eigenvalue weighted by Crippen LogP contribution is -2.25. The van der Waals surface area contributed by atoms with Crippen molar-refractivity contribution >= 4 is 35.3 Å². The second kappa shape index (κ2) is 7.75. The van der Waals surface area contributed by atoms with Gasteiger partial charge in [0.2, 0.25) is 0 Å². The number of hydrogen-bond donors (Lipinski definition) is 1. The van der Waals surface area contributed by atoms with Gasteiger partial charge >= 0.3 is 0 Å². The van der Waals surface area contributed by atoms with Crippen molar-refractivity contribution in [1.29, 1.82) is 0 Å². The van der Waals surface area contributed by atoms with Crippen LogP contribution in [0, 0.1) is 0 Å². The number of halogens is 2. The normalized spacial score (nSPS) is 14.1. The monoisotopic (exact) mass is 330 g/mol. The molecule has 0 spiro atoms. The molecular formula is C13H12Cl2N2O4. The number of amides is 1. The largest absolute Gasteiger partial charge is 0.494 e. The predicted molar refractivity (Wildman–Crippen MR) is 78.6 cm³/mol. The number of nitrogens with one attached hydrogen (secondary N) is 1. The molecular weight excluding hydrogens is 319 g/mol. The SMILES string of the molecule is O=C(COc1ccc(Cl)cc1Cl)N/N=C\C1=COCCO1. The summed E-state index contributed by atoms with van der Waals surface area (Å²) in [6.45, 7) is 0.721. The Balaban J connectivity index is 1.77. The molecule has 0 atom stereocenters. The topological polar surface area (TPSA) is 69.2 Å². The van der Waals surface area contributed by atoms with E-state index in [2.05, 4.69) is 10.5 Å². The van der Waals surface area contributed by atoms with E-state index < -0.39 is 5.91 Å². The van der Waals surface area contributed by atoms with Crippen molar-refractivity contribution in [2.24, 2.45) is 5.10 Å². The Kier molecular flexibility index (Phi) is 5.71. The molecule has 1 aliphatic rings. The zero-order chi connectivity index (χ0) is 15.1. The summed E-state index contributed by atoms with van der Waals surface area (Å²) >= 11 is 11.7. The summed E-state index contributed by atoms with van der Waals surface area (Å²) in [6.07, 6.45) is 2.76. The molecule has 0 unspecified atom stereocenters. The molecule has 6 nitrogen and oxygen atoms in total. The van der Waals surface area contributed by atoms with E-state index in [0.29, 0.717) is 34.8 Å². The number of nitrogens with zero attached hydrogens (tertiary/aromatic N) is 1. The molecule has 112 valence electrons. The summed E-state index contributed by atoms with van der Waals surface area (Å²) in [4.78, 5) is 11.5. The molecule has 1 heterocycles. The lowest BCUT2D eigenvalue weighted by Gasteiger charge is -2.11. The van der Waals surface area contributed by atoms with Crippen molar-refractivity contribution in [3.05, 3.63) is 40.3 Å². The Morgan fingerprint density at radius 1 is 1.43 bits per heavy atom. The molecule has 1 N–H and O–H groups in total. The third kappa shape index (κ3) is 5.17. The Hall–Kier alpha value is -1.92. The minimum Gasteiger partial charge on any atom is -0.494 e. The number of ether oxygens (including phenoxy) is 3. The zero-order valence-corrected chi connectivity index (χ0v) is 12.4. The quantitative estimate of drug-likeness (QED) is 0.664. The van der Waals surface area contributed by atoms with Crippen molar-refractivity contribution < 1.29 is 19.0 Å². The molecule has 0 fully saturated rings. The fourth-order valence-electron chi connectivity index (χ4n) is 1.39. The van der Waals surface area contributed by atoms with Crippen LogP contribution < -0.4 is 10.2 Å². The molecule has 21 heavy (non-hydrogen) atoms. The van der Waals surface area contributed by atoms with Crippen molar-refractivity contribution in [3.8, 4) is 5.75 Å². The molecule has 0 saturated heterocycles. The van der Waals surface area contributed by atoms with E-state index in [1.54, 1.807) is 12.1 Å². The van der Waals surface area contributed by atoms with Crippen molar-refractivity contribution in [1.82, 2.24) is 5.43 Å². The maximum Gasteiger partial charge on any atom is 0.277 e. The number of hydrogen-bond acceptors (Lipinski definition) is 5. The van der Waals surface area contributed by atoms with Gasteiger partial charge in [-0.05, 0) is 18.2 Å². The molecule has 0 aliphatic carbocycles. The maximum absolute atomic E-state index is 11.5. The lowest BCUT2D eigenvalue weighted by molar-refractivity contribution is -0.123. The van der Waals surface area contributed by atoms with Gasteiger partial charge in [0.25, 0.3) is 5.91 Å². The third-order valence-corrected chi connectivity index (χ3v) is 2.83. The minimum atomic E-state index is -0.436. The first-order valence-corrected chi connectivity index (χ1v) is 6.75. The number of allylic oxidation sites excluding steroid dienone is 1. The average Bonchev–Trinajstić information content (AvgIpc) is 2.47. The van der Waals surface area contributed by atoms with Crippen LogP contribution in [0.2, 0.25) is 10.0 Å². The summed E-state index contributed by atoms with van der Waals surface area (Å²) in [5, 5.41) is 4.53. The van der Waals surface area contributed by atoms with Gasteiger partial charge < -0.3 is 14.2 Å². The Morgan fingerprint density at radius 2 is 2.29 bits per heavy atom. The van der Waals surface area contributed by atoms with Gasteiger partial charge in [-0.15, -0.1) is 0 Å². The number of carbonyl (C=O) groups excluding carboxylic acids is 1. The van der Waals surface area contributed by atoms with Crippen LogP contribution in [0.5, 0.6) is 5.75 Å². The van der Waals surface area contributed by atoms with Gasteiger partial charge in [-0.25, -0.2) is 5.43 Å². The highest BCUT2D eigenvalue weighted by Gasteiger charge is 2.06. The first-order valence-electron chi connectivity index (χ1n) is 5.99. The van der Waals surface area contributed by atoms with E-state index in [1.807, 2.05) is 0 Å². The van der Waals surface area contributed by atoms with E-state index in [1.165, 1.54) is 18.5 Å². The van der Waals surface area contributed by atoms with E-state index in [-0.39, 0.29) is 6.61 Å². The molecule has 2 rings (SSSR count). The van der Waals surface area contributed by atoms with E-state index in [4.69, 9.17) is 37.4 Å². The van der Waals surface area contributed by atoms with Gasteiger partial charge in [0, 0.05) is 5.02 Å². The predicted octanol–water partition coefficient (Wildman–Crippen LogP) is 2.36. The molecule has 1 amide bonds. The van der Waals surface area contributed by atoms with Crippen LogP contribution in [0.25, 0.3) is 0 Å². The average molecular weight is 331 g/mol. The number of benzene rings is 1. The van der Waals surface area contributed by atoms with E-state index in [9.17, 15) is 4.79 Å². The van der Waals surface area contributed by atoms with Crippen molar-refractivity contribution in [3.63, 3.8) is 0 Å². The number of hydrazone groups is 1. The first-order chi connectivity index (χ1) is 10.1. The van der Waals surface area contributed by atoms with Crippen LogP contribution in [0.1, 0.15) is 0 Å². The lowest BCUT2D eigenvalue weighted by atomic mass is 10.3. The molecule has 1 aromatic carbocycles. The first kappa shape index (κ1) is 15.5. The van der Waals surface area contributed by atoms with Gasteiger partial charge in [-0.1, -0.05) is 23.2 Å². The van der Waals surface area contributed by atoms with Gasteiger partial charge in [0.1, 0.15) is 25.2 Å². The number of rotatable bonds is 5. The van der Waals surface area contributed by atoms with Crippen LogP contribution >= 0.6 is 23.2 Å². The second-order valence-corrected chi connectivity index (χ2v) is 4.74. The van der Waals surface area contributed by atoms with Crippen LogP contribution in [0.4, 0.5) is 0 Å². The zero-order valence-electron chi connectivity index (χ0n) is 10.8. The number of carbonyl (C=O) groups is 1. The molecule has 1 aromatic rings. The van der Waals surface area contributed by atoms with Gasteiger partial charge in [-0.3, -0.25) is 4.79 Å². The third-order valence-electron chi connectivity index (χ3n) is 2.30. The fraction of sp³-hybridized carbons (Fsp3) is 0.231. The standard InChI is InChI=1S/C13H12Cl2N2O4/c14-9-1-2-12(11(15)5-9)21-8-13(18)17-16-6-10-7-19-3-4-20-10/h1-2,5-7H,3-4,8H2,(H,17,18)/b16-6-. The molecule has 0 aromatic heterocycles. The van der Waals surface area contributed by atoms with Crippen molar-refractivity contribution in [2.45, 2.75) is 0 Å². The highest BCUT2D eigenvalue weighted by atomic mass is 35.5. The van der Waals surface area contributed by atoms with E-state index in [0.717, 1.165) is 0 Å². The van der Waals surface area contributed by atoms with Crippen LogP contribution in [0.3, 0.4) is 0 Å². The van der Waals surface area contributed by atoms with Gasteiger partial charge in [-0.2, -0.15) is 5.10 Å². The summed E-state index contributed by atoms with van der Waals surface area (Å²) in [7, 11) is 0. The summed E-state index contributed by atoms with van der Waals surface area (Å²) in [6, 6.07) is 4.73. The Labute approximate surface area is 131 Å². The van der Waals surface area contributed by atoms with E-state index >= 15 is 0 Å². The Bertz CT molecular complexity index is 575. The highest BCUT2D eigenvalue weighted by Crippen LogP contribution is 2.27. The maximum atomic E-state index is 11.5. The second-order valence-electron chi connectivity index (χ2n) is 3.90. The summed E-state index contributed by atoms with van der Waals surface area (Å²) < 4.78 is 15.5. The minimum absolute atomic E-state index is 0.227. The molecule has 0 radical (unpaired) electrons. The molecule has 8 heteroatoms. The fourth-order valence-corrected chi connectivity index (χ4v) is 1.85. The van der Waals surface area contributed by atoms with Gasteiger partial charge in [0.05, 0.1) is 11.2 Å². The highest BCUT2D eigenvalue weighted by molar-refractivity contribution is 6.35. The molecule has 0 saturated carbocycles. The van der Waals surface area contributed by atoms with Crippen molar-refractivity contribution in [2.75, 3.05) is 19.8 Å². The van der Waals surface area contributed by atoms with Crippen LogP contribution in [-0.4, -0.2) is 31.9 Å². The Morgan fingerprint density at radius 3 is 3.00 bits per heavy atom. The molecule has 0 bridgehead atoms.